The Morgan fingerprint density at radius 3 is 2.48 bits per heavy atom. The molecule has 3 aromatic rings. The maximum absolute atomic E-state index is 13.5. The zero-order valence-electron chi connectivity index (χ0n) is 16.0. The van der Waals surface area contributed by atoms with Crippen LogP contribution in [0.15, 0.2) is 48.0 Å². The Kier molecular flexibility index (Phi) is 7.09. The van der Waals surface area contributed by atoms with E-state index >= 15 is 0 Å². The van der Waals surface area contributed by atoms with Gasteiger partial charge in [0.25, 0.3) is 0 Å². The summed E-state index contributed by atoms with van der Waals surface area (Å²) in [7, 11) is -3.74. The highest BCUT2D eigenvalue weighted by molar-refractivity contribution is 7.55. The van der Waals surface area contributed by atoms with E-state index in [0.29, 0.717) is 32.6 Å². The second kappa shape index (κ2) is 9.63. The zero-order valence-corrected chi connectivity index (χ0v) is 20.0. The minimum absolute atomic E-state index is 0.265. The first-order valence-electron chi connectivity index (χ1n) is 9.34. The minimum atomic E-state index is -3.74. The third-order valence-corrected chi connectivity index (χ3v) is 8.53. The van der Waals surface area contributed by atoms with Crippen molar-refractivity contribution in [2.24, 2.45) is 0 Å². The van der Waals surface area contributed by atoms with Crippen LogP contribution in [0.5, 0.6) is 0 Å². The highest BCUT2D eigenvalue weighted by Gasteiger charge is 2.45. The number of rotatable bonds is 5. The molecule has 0 spiro atoms. The van der Waals surface area contributed by atoms with Gasteiger partial charge in [-0.2, -0.15) is 0 Å². The molecule has 1 saturated heterocycles. The molecule has 1 fully saturated rings. The molecule has 2 aromatic carbocycles. The first kappa shape index (κ1) is 22.8. The lowest BCUT2D eigenvalue weighted by atomic mass is 10.1. The van der Waals surface area contributed by atoms with Gasteiger partial charge < -0.3 is 14.4 Å². The molecule has 0 bridgehead atoms. The van der Waals surface area contributed by atoms with Gasteiger partial charge in [-0.3, -0.25) is 9.36 Å². The molecule has 4 rings (SSSR count). The molecule has 2 heterocycles. The highest BCUT2D eigenvalue weighted by Crippen LogP contribution is 2.63. The molecular formula is C21H17Cl3NO4PS. The van der Waals surface area contributed by atoms with Gasteiger partial charge in [0.2, 0.25) is 5.91 Å². The van der Waals surface area contributed by atoms with Crippen LogP contribution in [0.1, 0.15) is 23.2 Å². The summed E-state index contributed by atoms with van der Waals surface area (Å²) in [5.41, 5.74) is 0.135. The number of hydrogen-bond donors (Lipinski definition) is 1. The van der Waals surface area contributed by atoms with Crippen LogP contribution in [0.25, 0.3) is 16.2 Å². The standard InChI is InChI=1S/C21H17Cl3NO4PS/c22-14-2-3-19-17(11-14)18(12-31-19)20(30(27)28-6-1-7-29-30)21(26)25-5-4-13-8-15(23)10-16(24)9-13/h2-5,8-12,20H,1,6-7H2,(H,25,26)/b5-4+. The number of amides is 1. The zero-order chi connectivity index (χ0) is 22.0. The number of carbonyl (C=O) groups excluding carboxylic acids is 1. The number of halogens is 3. The van der Waals surface area contributed by atoms with Crippen LogP contribution in [0.2, 0.25) is 15.1 Å². The van der Waals surface area contributed by atoms with Gasteiger partial charge in [-0.25, -0.2) is 0 Å². The van der Waals surface area contributed by atoms with E-state index in [1.807, 2.05) is 6.07 Å². The van der Waals surface area contributed by atoms with E-state index in [1.165, 1.54) is 17.5 Å². The van der Waals surface area contributed by atoms with Gasteiger partial charge >= 0.3 is 7.60 Å². The summed E-state index contributed by atoms with van der Waals surface area (Å²) < 4.78 is 25.5. The van der Waals surface area contributed by atoms with E-state index in [1.54, 1.807) is 41.8 Å². The Morgan fingerprint density at radius 1 is 1.06 bits per heavy atom. The fourth-order valence-corrected chi connectivity index (χ4v) is 7.13. The van der Waals surface area contributed by atoms with Crippen LogP contribution in [-0.2, 0) is 18.4 Å². The minimum Gasteiger partial charge on any atom is -0.332 e. The quantitative estimate of drug-likeness (QED) is 0.361. The van der Waals surface area contributed by atoms with Crippen molar-refractivity contribution >= 4 is 75.8 Å². The monoisotopic (exact) mass is 515 g/mol. The van der Waals surface area contributed by atoms with E-state index in [4.69, 9.17) is 43.9 Å². The summed E-state index contributed by atoms with van der Waals surface area (Å²) >= 11 is 19.6. The number of hydrogen-bond acceptors (Lipinski definition) is 5. The van der Waals surface area contributed by atoms with E-state index in [2.05, 4.69) is 5.32 Å². The number of fused-ring (bicyclic) bond motifs is 1. The highest BCUT2D eigenvalue weighted by atomic mass is 35.5. The second-order valence-electron chi connectivity index (χ2n) is 6.84. The van der Waals surface area contributed by atoms with E-state index in [9.17, 15) is 9.36 Å². The SMILES string of the molecule is O=C(N/C=C/c1cc(Cl)cc(Cl)c1)C(c1csc2ccc(Cl)cc12)P1(=O)OCCCO1. The smallest absolute Gasteiger partial charge is 0.332 e. The molecule has 31 heavy (non-hydrogen) atoms. The van der Waals surface area contributed by atoms with Gasteiger partial charge in [0.05, 0.1) is 13.2 Å². The van der Waals surface area contributed by atoms with Crippen molar-refractivity contribution in [3.63, 3.8) is 0 Å². The molecule has 0 aliphatic carbocycles. The van der Waals surface area contributed by atoms with Crippen LogP contribution in [0, 0.1) is 0 Å². The molecular weight excluding hydrogens is 500 g/mol. The first-order valence-corrected chi connectivity index (χ1v) is 13.0. The van der Waals surface area contributed by atoms with E-state index in [0.717, 1.165) is 10.1 Å². The number of carbonyl (C=O) groups is 1. The van der Waals surface area contributed by atoms with Crippen molar-refractivity contribution in [1.82, 2.24) is 5.32 Å². The lowest BCUT2D eigenvalue weighted by Gasteiger charge is -2.29. The van der Waals surface area contributed by atoms with E-state index in [-0.39, 0.29) is 13.2 Å². The van der Waals surface area contributed by atoms with Crippen molar-refractivity contribution in [3.05, 3.63) is 74.2 Å². The Hall–Kier alpha value is -1.37. The molecule has 1 unspecified atom stereocenters. The van der Waals surface area contributed by atoms with Crippen LogP contribution < -0.4 is 5.32 Å². The normalized spacial score (nSPS) is 17.1. The van der Waals surface area contributed by atoms with Gasteiger partial charge in [-0.05, 0) is 70.8 Å². The van der Waals surface area contributed by atoms with E-state index < -0.39 is 19.2 Å². The maximum atomic E-state index is 13.5. The second-order valence-corrected chi connectivity index (χ2v) is 11.2. The molecule has 1 atom stereocenters. The molecule has 1 aliphatic heterocycles. The molecule has 0 radical (unpaired) electrons. The summed E-state index contributed by atoms with van der Waals surface area (Å²) in [6.45, 7) is 0.529. The van der Waals surface area contributed by atoms with Gasteiger partial charge in [-0.15, -0.1) is 11.3 Å². The van der Waals surface area contributed by atoms with Crippen molar-refractivity contribution < 1.29 is 18.4 Å². The van der Waals surface area contributed by atoms with Crippen molar-refractivity contribution in [3.8, 4) is 0 Å². The topological polar surface area (TPSA) is 64.6 Å². The van der Waals surface area contributed by atoms with Gasteiger partial charge in [0.1, 0.15) is 0 Å². The molecule has 1 amide bonds. The summed E-state index contributed by atoms with van der Waals surface area (Å²) in [5.74, 6) is -0.505. The Morgan fingerprint density at radius 2 is 1.77 bits per heavy atom. The van der Waals surface area contributed by atoms with Crippen molar-refractivity contribution in [2.75, 3.05) is 13.2 Å². The third-order valence-electron chi connectivity index (χ3n) is 4.64. The summed E-state index contributed by atoms with van der Waals surface area (Å²) in [6.07, 6.45) is 3.72. The summed E-state index contributed by atoms with van der Waals surface area (Å²) in [5, 5.41) is 6.72. The summed E-state index contributed by atoms with van der Waals surface area (Å²) in [6, 6.07) is 10.4. The van der Waals surface area contributed by atoms with Crippen LogP contribution >= 0.6 is 53.7 Å². The van der Waals surface area contributed by atoms with Gasteiger partial charge in [-0.1, -0.05) is 34.8 Å². The van der Waals surface area contributed by atoms with Crippen LogP contribution in [0.3, 0.4) is 0 Å². The van der Waals surface area contributed by atoms with Crippen LogP contribution in [-0.4, -0.2) is 19.1 Å². The lowest BCUT2D eigenvalue weighted by molar-refractivity contribution is -0.120. The molecule has 162 valence electrons. The van der Waals surface area contributed by atoms with Gasteiger partial charge in [0, 0.05) is 26.0 Å². The van der Waals surface area contributed by atoms with Gasteiger partial charge in [0.15, 0.2) is 5.66 Å². The van der Waals surface area contributed by atoms with Crippen LogP contribution in [0.4, 0.5) is 0 Å². The molecule has 1 N–H and O–H groups in total. The fraction of sp³-hybridized carbons (Fsp3) is 0.190. The number of thiophene rings is 1. The average Bonchev–Trinajstić information content (AvgIpc) is 3.10. The van der Waals surface area contributed by atoms with Crippen molar-refractivity contribution in [1.29, 1.82) is 0 Å². The Bertz CT molecular complexity index is 1180. The Balaban J connectivity index is 1.67. The fourth-order valence-electron chi connectivity index (χ4n) is 3.29. The first-order chi connectivity index (χ1) is 14.9. The molecule has 1 aromatic heterocycles. The predicted molar refractivity (Wildman–Crippen MR) is 127 cm³/mol. The largest absolute Gasteiger partial charge is 0.347 e. The number of benzene rings is 2. The molecule has 10 heteroatoms. The molecule has 0 saturated carbocycles. The molecule has 5 nitrogen and oxygen atoms in total. The lowest BCUT2D eigenvalue weighted by Crippen LogP contribution is -2.28. The third kappa shape index (κ3) is 5.18. The summed E-state index contributed by atoms with van der Waals surface area (Å²) in [4.78, 5) is 13.2. The number of nitrogens with one attached hydrogen (secondary N) is 1. The average molecular weight is 517 g/mol. The molecule has 1 aliphatic rings. The predicted octanol–water partition coefficient (Wildman–Crippen LogP) is 7.32. The maximum Gasteiger partial charge on any atom is 0.347 e. The van der Waals surface area contributed by atoms with Crippen molar-refractivity contribution in [2.45, 2.75) is 12.1 Å². The Labute approximate surface area is 198 Å².